The summed E-state index contributed by atoms with van der Waals surface area (Å²) in [5.41, 5.74) is 1.47. The lowest BCUT2D eigenvalue weighted by Crippen LogP contribution is -2.27. The van der Waals surface area contributed by atoms with Gasteiger partial charge in [0, 0.05) is 17.9 Å². The van der Waals surface area contributed by atoms with E-state index in [1.165, 1.54) is 5.56 Å². The first-order valence-electron chi connectivity index (χ1n) is 7.49. The number of benzene rings is 1. The van der Waals surface area contributed by atoms with Crippen molar-refractivity contribution in [2.24, 2.45) is 5.41 Å². The summed E-state index contributed by atoms with van der Waals surface area (Å²) in [5, 5.41) is 12.2. The van der Waals surface area contributed by atoms with E-state index in [1.807, 2.05) is 12.1 Å². The molecule has 108 valence electrons. The first-order valence-corrected chi connectivity index (χ1v) is 7.49. The van der Waals surface area contributed by atoms with Crippen molar-refractivity contribution in [1.29, 1.82) is 5.26 Å². The van der Waals surface area contributed by atoms with E-state index in [-0.39, 0.29) is 5.41 Å². The van der Waals surface area contributed by atoms with Gasteiger partial charge >= 0.3 is 0 Å². The molecule has 0 saturated heterocycles. The van der Waals surface area contributed by atoms with E-state index in [9.17, 15) is 0 Å². The maximum atomic E-state index is 8.79. The van der Waals surface area contributed by atoms with Crippen LogP contribution in [0.1, 0.15) is 38.7 Å². The van der Waals surface area contributed by atoms with Crippen LogP contribution in [0.3, 0.4) is 0 Å². The molecule has 1 fully saturated rings. The second-order valence-corrected chi connectivity index (χ2v) is 5.93. The summed E-state index contributed by atoms with van der Waals surface area (Å²) >= 11 is 0. The molecule has 1 aliphatic carbocycles. The second kappa shape index (κ2) is 6.76. The average Bonchev–Trinajstić information content (AvgIpc) is 3.19. The largest absolute Gasteiger partial charge is 0.493 e. The van der Waals surface area contributed by atoms with Crippen LogP contribution in [-0.4, -0.2) is 19.2 Å². The summed E-state index contributed by atoms with van der Waals surface area (Å²) < 4.78 is 5.83. The smallest absolute Gasteiger partial charge is 0.119 e. The van der Waals surface area contributed by atoms with Crippen LogP contribution < -0.4 is 10.1 Å². The highest BCUT2D eigenvalue weighted by molar-refractivity contribution is 5.28. The third kappa shape index (κ3) is 4.25. The summed E-state index contributed by atoms with van der Waals surface area (Å²) in [6, 6.07) is 11.1. The van der Waals surface area contributed by atoms with Gasteiger partial charge in [-0.05, 0) is 50.4 Å². The fourth-order valence-corrected chi connectivity index (χ4v) is 2.45. The first kappa shape index (κ1) is 14.9. The van der Waals surface area contributed by atoms with Crippen molar-refractivity contribution < 1.29 is 4.74 Å². The molecule has 0 spiro atoms. The van der Waals surface area contributed by atoms with Gasteiger partial charge in [0.1, 0.15) is 5.75 Å². The fourth-order valence-electron chi connectivity index (χ4n) is 2.45. The van der Waals surface area contributed by atoms with Crippen molar-refractivity contribution in [3.63, 3.8) is 0 Å². The van der Waals surface area contributed by atoms with Crippen LogP contribution in [0, 0.1) is 16.7 Å². The fraction of sp³-hybridized carbons (Fsp3) is 0.588. The minimum Gasteiger partial charge on any atom is -0.493 e. The lowest BCUT2D eigenvalue weighted by Gasteiger charge is -2.14. The number of nitriles is 1. The minimum absolute atomic E-state index is 0.146. The Labute approximate surface area is 121 Å². The van der Waals surface area contributed by atoms with Crippen molar-refractivity contribution in [2.75, 3.05) is 13.2 Å². The van der Waals surface area contributed by atoms with Gasteiger partial charge in [0.2, 0.25) is 0 Å². The van der Waals surface area contributed by atoms with Gasteiger partial charge in [0.25, 0.3) is 0 Å². The molecule has 1 saturated carbocycles. The number of ether oxygens (including phenoxy) is 1. The quantitative estimate of drug-likeness (QED) is 0.789. The highest BCUT2D eigenvalue weighted by Crippen LogP contribution is 2.48. The van der Waals surface area contributed by atoms with Crippen LogP contribution >= 0.6 is 0 Å². The van der Waals surface area contributed by atoms with Gasteiger partial charge in [0.15, 0.2) is 0 Å². The number of nitrogens with one attached hydrogen (secondary N) is 1. The van der Waals surface area contributed by atoms with Gasteiger partial charge in [-0.1, -0.05) is 19.1 Å². The van der Waals surface area contributed by atoms with Crippen LogP contribution in [0.25, 0.3) is 0 Å². The molecular formula is C17H24N2O. The Morgan fingerprint density at radius 1 is 1.35 bits per heavy atom. The maximum Gasteiger partial charge on any atom is 0.119 e. The first-order chi connectivity index (χ1) is 9.67. The Balaban J connectivity index is 1.81. The zero-order valence-electron chi connectivity index (χ0n) is 12.5. The van der Waals surface area contributed by atoms with Crippen LogP contribution in [0.15, 0.2) is 24.3 Å². The number of rotatable bonds is 8. The number of hydrogen-bond donors (Lipinski definition) is 1. The average molecular weight is 272 g/mol. The molecule has 1 aromatic carbocycles. The van der Waals surface area contributed by atoms with Gasteiger partial charge in [-0.25, -0.2) is 0 Å². The van der Waals surface area contributed by atoms with Gasteiger partial charge in [0.05, 0.1) is 12.7 Å². The van der Waals surface area contributed by atoms with Crippen LogP contribution in [0.4, 0.5) is 0 Å². The van der Waals surface area contributed by atoms with Crippen molar-refractivity contribution in [1.82, 2.24) is 5.32 Å². The molecule has 20 heavy (non-hydrogen) atoms. The van der Waals surface area contributed by atoms with Crippen molar-refractivity contribution in [3.8, 4) is 11.8 Å². The molecule has 3 heteroatoms. The zero-order chi connectivity index (χ0) is 14.4. The van der Waals surface area contributed by atoms with E-state index in [0.29, 0.717) is 19.1 Å². The Kier molecular flexibility index (Phi) is 5.03. The van der Waals surface area contributed by atoms with Crippen LogP contribution in [-0.2, 0) is 6.42 Å². The van der Waals surface area contributed by atoms with E-state index >= 15 is 0 Å². The second-order valence-electron chi connectivity index (χ2n) is 5.93. The molecule has 0 bridgehead atoms. The molecule has 1 unspecified atom stereocenters. The lowest BCUT2D eigenvalue weighted by molar-refractivity contribution is 0.237. The van der Waals surface area contributed by atoms with Gasteiger partial charge in [-0.3, -0.25) is 0 Å². The third-order valence-corrected chi connectivity index (χ3v) is 3.97. The standard InChI is InChI=1S/C17H24N2O/c1-3-19-14(2)12-15-4-6-16(7-5-15)20-13-17(8-9-17)10-11-18/h4-7,14,19H,3,8-10,12-13H2,1-2H3. The molecule has 1 N–H and O–H groups in total. The molecule has 1 aromatic rings. The lowest BCUT2D eigenvalue weighted by atomic mass is 10.1. The van der Waals surface area contributed by atoms with Gasteiger partial charge in [-0.2, -0.15) is 5.26 Å². The molecule has 3 nitrogen and oxygen atoms in total. The Hall–Kier alpha value is -1.53. The number of nitrogens with zero attached hydrogens (tertiary/aromatic N) is 1. The topological polar surface area (TPSA) is 45.0 Å². The minimum atomic E-state index is 0.146. The normalized spacial score (nSPS) is 17.2. The molecule has 0 aromatic heterocycles. The van der Waals surface area contributed by atoms with E-state index in [2.05, 4.69) is 37.4 Å². The Bertz CT molecular complexity index is 457. The van der Waals surface area contributed by atoms with E-state index in [1.54, 1.807) is 0 Å². The number of hydrogen-bond acceptors (Lipinski definition) is 3. The molecule has 1 aliphatic rings. The third-order valence-electron chi connectivity index (χ3n) is 3.97. The Morgan fingerprint density at radius 3 is 2.60 bits per heavy atom. The molecule has 0 radical (unpaired) electrons. The zero-order valence-corrected chi connectivity index (χ0v) is 12.5. The van der Waals surface area contributed by atoms with Crippen LogP contribution in [0.5, 0.6) is 5.75 Å². The summed E-state index contributed by atoms with van der Waals surface area (Å²) in [6.45, 7) is 6.01. The van der Waals surface area contributed by atoms with Crippen LogP contribution in [0.2, 0.25) is 0 Å². The number of likely N-dealkylation sites (N-methyl/N-ethyl adjacent to an activating group) is 1. The van der Waals surface area contributed by atoms with E-state index in [0.717, 1.165) is 31.6 Å². The van der Waals surface area contributed by atoms with Crippen molar-refractivity contribution in [3.05, 3.63) is 29.8 Å². The molecular weight excluding hydrogens is 248 g/mol. The molecule has 0 aliphatic heterocycles. The molecule has 0 amide bonds. The highest BCUT2D eigenvalue weighted by atomic mass is 16.5. The Morgan fingerprint density at radius 2 is 2.05 bits per heavy atom. The monoisotopic (exact) mass is 272 g/mol. The maximum absolute atomic E-state index is 8.79. The SMILES string of the molecule is CCNC(C)Cc1ccc(OCC2(CC#N)CC2)cc1. The van der Waals surface area contributed by atoms with E-state index in [4.69, 9.17) is 10.00 Å². The molecule has 1 atom stereocenters. The van der Waals surface area contributed by atoms with Gasteiger partial charge < -0.3 is 10.1 Å². The summed E-state index contributed by atoms with van der Waals surface area (Å²) in [5.74, 6) is 0.911. The summed E-state index contributed by atoms with van der Waals surface area (Å²) in [4.78, 5) is 0. The predicted molar refractivity (Wildman–Crippen MR) is 80.7 cm³/mol. The highest BCUT2D eigenvalue weighted by Gasteiger charge is 2.43. The van der Waals surface area contributed by atoms with Gasteiger partial charge in [-0.15, -0.1) is 0 Å². The molecule has 2 rings (SSSR count). The summed E-state index contributed by atoms with van der Waals surface area (Å²) in [6.07, 6.45) is 3.90. The predicted octanol–water partition coefficient (Wildman–Crippen LogP) is 3.30. The van der Waals surface area contributed by atoms with Crippen molar-refractivity contribution >= 4 is 0 Å². The van der Waals surface area contributed by atoms with Crippen molar-refractivity contribution in [2.45, 2.75) is 45.6 Å². The van der Waals surface area contributed by atoms with E-state index < -0.39 is 0 Å². The summed E-state index contributed by atoms with van der Waals surface area (Å²) in [7, 11) is 0. The molecule has 0 heterocycles.